The molecule has 0 unspecified atom stereocenters. The fourth-order valence-electron chi connectivity index (χ4n) is 1.70. The molecule has 0 amide bonds. The van der Waals surface area contributed by atoms with Gasteiger partial charge in [0.25, 0.3) is 0 Å². The molecule has 0 aromatic carbocycles. The smallest absolute Gasteiger partial charge is 0.00356 e. The maximum absolute atomic E-state index is 3.45. The number of hydrogen-bond acceptors (Lipinski definition) is 2. The first-order chi connectivity index (χ1) is 5.70. The average Bonchev–Trinajstić information content (AvgIpc) is 2.06. The van der Waals surface area contributed by atoms with Crippen molar-refractivity contribution in [1.29, 1.82) is 0 Å². The van der Waals surface area contributed by atoms with Crippen molar-refractivity contribution in [2.45, 2.75) is 32.7 Å². The maximum Gasteiger partial charge on any atom is 0.00356 e. The molecule has 1 rings (SSSR count). The van der Waals surface area contributed by atoms with Crippen molar-refractivity contribution in [2.24, 2.45) is 5.92 Å². The molecule has 0 bridgehead atoms. The molecule has 1 saturated heterocycles. The summed E-state index contributed by atoms with van der Waals surface area (Å²) in [6.07, 6.45) is 2.76. The molecule has 2 nitrogen and oxygen atoms in total. The van der Waals surface area contributed by atoms with Crippen LogP contribution in [0, 0.1) is 5.92 Å². The monoisotopic (exact) mass is 170 g/mol. The van der Waals surface area contributed by atoms with E-state index in [0.29, 0.717) is 6.04 Å². The van der Waals surface area contributed by atoms with Gasteiger partial charge in [0.1, 0.15) is 0 Å². The molecule has 0 aromatic heterocycles. The minimum Gasteiger partial charge on any atom is -0.316 e. The highest BCUT2D eigenvalue weighted by molar-refractivity contribution is 4.72. The number of piperidine rings is 1. The van der Waals surface area contributed by atoms with E-state index < -0.39 is 0 Å². The van der Waals surface area contributed by atoms with Crippen molar-refractivity contribution < 1.29 is 0 Å². The van der Waals surface area contributed by atoms with E-state index in [1.165, 1.54) is 32.5 Å². The first kappa shape index (κ1) is 10.0. The lowest BCUT2D eigenvalue weighted by Gasteiger charge is -2.29. The summed E-state index contributed by atoms with van der Waals surface area (Å²) in [5, 5.41) is 3.45. The molecule has 0 radical (unpaired) electrons. The lowest BCUT2D eigenvalue weighted by atomic mass is 9.99. The van der Waals surface area contributed by atoms with Crippen LogP contribution in [-0.4, -0.2) is 37.6 Å². The molecule has 12 heavy (non-hydrogen) atoms. The first-order valence-corrected chi connectivity index (χ1v) is 5.11. The largest absolute Gasteiger partial charge is 0.316 e. The average molecular weight is 170 g/mol. The Morgan fingerprint density at radius 3 is 2.75 bits per heavy atom. The minimum atomic E-state index is 0.687. The molecule has 1 aliphatic heterocycles. The van der Waals surface area contributed by atoms with Crippen LogP contribution in [0.15, 0.2) is 0 Å². The Balaban J connectivity index is 2.20. The third-order valence-electron chi connectivity index (χ3n) is 2.83. The molecule has 2 heteroatoms. The quantitative estimate of drug-likeness (QED) is 0.687. The van der Waals surface area contributed by atoms with Crippen molar-refractivity contribution in [1.82, 2.24) is 10.2 Å². The van der Waals surface area contributed by atoms with Gasteiger partial charge in [-0.3, -0.25) is 0 Å². The Bertz CT molecular complexity index is 117. The molecule has 0 saturated carbocycles. The van der Waals surface area contributed by atoms with E-state index in [4.69, 9.17) is 0 Å². The van der Waals surface area contributed by atoms with E-state index >= 15 is 0 Å². The van der Waals surface area contributed by atoms with Gasteiger partial charge in [-0.1, -0.05) is 0 Å². The number of hydrogen-bond donors (Lipinski definition) is 1. The summed E-state index contributed by atoms with van der Waals surface area (Å²) < 4.78 is 0. The van der Waals surface area contributed by atoms with E-state index in [0.717, 1.165) is 5.92 Å². The Labute approximate surface area is 76.3 Å². The first-order valence-electron chi connectivity index (χ1n) is 5.11. The lowest BCUT2D eigenvalue weighted by Crippen LogP contribution is -2.39. The van der Waals surface area contributed by atoms with Gasteiger partial charge in [0, 0.05) is 12.6 Å². The molecular formula is C10H22N2. The Morgan fingerprint density at radius 1 is 1.50 bits per heavy atom. The van der Waals surface area contributed by atoms with Crippen LogP contribution in [0.4, 0.5) is 0 Å². The molecule has 72 valence electrons. The zero-order chi connectivity index (χ0) is 8.97. The van der Waals surface area contributed by atoms with Crippen LogP contribution in [0.1, 0.15) is 26.7 Å². The summed E-state index contributed by atoms with van der Waals surface area (Å²) in [6, 6.07) is 0.687. The predicted molar refractivity (Wildman–Crippen MR) is 53.4 cm³/mol. The standard InChI is InChI=1S/C10H22N2/c1-9(2)12(3)8-10-5-4-6-11-7-10/h9-11H,4-8H2,1-3H3/t10-/m0/s1. The van der Waals surface area contributed by atoms with Gasteiger partial charge in [0.15, 0.2) is 0 Å². The van der Waals surface area contributed by atoms with Gasteiger partial charge in [-0.2, -0.15) is 0 Å². The molecule has 1 fully saturated rings. The zero-order valence-electron chi connectivity index (χ0n) is 8.64. The van der Waals surface area contributed by atoms with Crippen molar-refractivity contribution in [2.75, 3.05) is 26.7 Å². The fourth-order valence-corrected chi connectivity index (χ4v) is 1.70. The molecule has 0 aromatic rings. The Morgan fingerprint density at radius 2 is 2.25 bits per heavy atom. The third kappa shape index (κ3) is 3.11. The van der Waals surface area contributed by atoms with Crippen LogP contribution >= 0.6 is 0 Å². The highest BCUT2D eigenvalue weighted by atomic mass is 15.1. The molecule has 1 N–H and O–H groups in total. The van der Waals surface area contributed by atoms with Gasteiger partial charge in [-0.05, 0) is 52.7 Å². The second-order valence-electron chi connectivity index (χ2n) is 4.25. The van der Waals surface area contributed by atoms with Crippen LogP contribution in [0.3, 0.4) is 0 Å². The zero-order valence-corrected chi connectivity index (χ0v) is 8.64. The number of nitrogens with one attached hydrogen (secondary N) is 1. The Kier molecular flexibility index (Phi) is 4.02. The summed E-state index contributed by atoms with van der Waals surface area (Å²) in [5.74, 6) is 0.881. The number of nitrogens with zero attached hydrogens (tertiary/aromatic N) is 1. The molecular weight excluding hydrogens is 148 g/mol. The van der Waals surface area contributed by atoms with Crippen LogP contribution in [-0.2, 0) is 0 Å². The van der Waals surface area contributed by atoms with E-state index in [1.807, 2.05) is 0 Å². The molecule has 1 atom stereocenters. The van der Waals surface area contributed by atoms with Crippen LogP contribution in [0.2, 0.25) is 0 Å². The highest BCUT2D eigenvalue weighted by Crippen LogP contribution is 2.11. The second kappa shape index (κ2) is 4.83. The van der Waals surface area contributed by atoms with Crippen molar-refractivity contribution in [3.63, 3.8) is 0 Å². The van der Waals surface area contributed by atoms with Gasteiger partial charge in [0.05, 0.1) is 0 Å². The summed E-state index contributed by atoms with van der Waals surface area (Å²) in [7, 11) is 2.22. The van der Waals surface area contributed by atoms with Crippen molar-refractivity contribution in [3.05, 3.63) is 0 Å². The fraction of sp³-hybridized carbons (Fsp3) is 1.00. The summed E-state index contributed by atoms with van der Waals surface area (Å²) in [4.78, 5) is 2.44. The number of rotatable bonds is 3. The summed E-state index contributed by atoms with van der Waals surface area (Å²) in [5.41, 5.74) is 0. The minimum absolute atomic E-state index is 0.687. The molecule has 0 spiro atoms. The second-order valence-corrected chi connectivity index (χ2v) is 4.25. The van der Waals surface area contributed by atoms with Crippen LogP contribution in [0.25, 0.3) is 0 Å². The van der Waals surface area contributed by atoms with Gasteiger partial charge >= 0.3 is 0 Å². The Hall–Kier alpha value is -0.0800. The molecule has 1 aliphatic rings. The summed E-state index contributed by atoms with van der Waals surface area (Å²) in [6.45, 7) is 8.22. The molecule has 1 heterocycles. The van der Waals surface area contributed by atoms with Gasteiger partial charge in [-0.25, -0.2) is 0 Å². The van der Waals surface area contributed by atoms with E-state index in [1.54, 1.807) is 0 Å². The lowest BCUT2D eigenvalue weighted by molar-refractivity contribution is 0.208. The van der Waals surface area contributed by atoms with Gasteiger partial charge in [-0.15, -0.1) is 0 Å². The van der Waals surface area contributed by atoms with Crippen molar-refractivity contribution in [3.8, 4) is 0 Å². The van der Waals surface area contributed by atoms with E-state index in [-0.39, 0.29) is 0 Å². The predicted octanol–water partition coefficient (Wildman–Crippen LogP) is 1.33. The van der Waals surface area contributed by atoms with Gasteiger partial charge < -0.3 is 10.2 Å². The van der Waals surface area contributed by atoms with Crippen LogP contribution in [0.5, 0.6) is 0 Å². The van der Waals surface area contributed by atoms with Crippen molar-refractivity contribution >= 4 is 0 Å². The topological polar surface area (TPSA) is 15.3 Å². The van der Waals surface area contributed by atoms with Gasteiger partial charge in [0.2, 0.25) is 0 Å². The van der Waals surface area contributed by atoms with E-state index in [9.17, 15) is 0 Å². The normalized spacial score (nSPS) is 25.2. The summed E-state index contributed by atoms with van der Waals surface area (Å²) >= 11 is 0. The van der Waals surface area contributed by atoms with Crippen LogP contribution < -0.4 is 5.32 Å². The third-order valence-corrected chi connectivity index (χ3v) is 2.83. The highest BCUT2D eigenvalue weighted by Gasteiger charge is 2.15. The maximum atomic E-state index is 3.45. The van der Waals surface area contributed by atoms with E-state index in [2.05, 4.69) is 31.1 Å². The SMILES string of the molecule is CC(C)N(C)C[C@H]1CCCNC1. The molecule has 0 aliphatic carbocycles.